The molecule has 0 radical (unpaired) electrons. The minimum atomic E-state index is -0.0973. The summed E-state index contributed by atoms with van der Waals surface area (Å²) in [5.41, 5.74) is 4.71. The summed E-state index contributed by atoms with van der Waals surface area (Å²) >= 11 is 0. The molecule has 3 nitrogen and oxygen atoms in total. The van der Waals surface area contributed by atoms with Gasteiger partial charge in [0.15, 0.2) is 6.61 Å². The van der Waals surface area contributed by atoms with E-state index >= 15 is 0 Å². The molecular weight excluding hydrogens is 262 g/mol. The number of benzene rings is 2. The largest absolute Gasteiger partial charge is 0.484 e. The van der Waals surface area contributed by atoms with Crippen molar-refractivity contribution in [3.8, 4) is 16.9 Å². The molecule has 2 rings (SSSR count). The highest BCUT2D eigenvalue weighted by Crippen LogP contribution is 2.30. The van der Waals surface area contributed by atoms with Crippen LogP contribution in [0.15, 0.2) is 42.5 Å². The second-order valence-corrected chi connectivity index (χ2v) is 5.04. The van der Waals surface area contributed by atoms with Crippen LogP contribution in [0.3, 0.4) is 0 Å². The highest BCUT2D eigenvalue weighted by Gasteiger charge is 2.09. The molecule has 0 aliphatic carbocycles. The van der Waals surface area contributed by atoms with Crippen molar-refractivity contribution in [1.29, 1.82) is 0 Å². The minimum absolute atomic E-state index is 0.0530. The van der Waals surface area contributed by atoms with Crippen molar-refractivity contribution in [2.75, 3.05) is 13.2 Å². The quantitative estimate of drug-likeness (QED) is 0.912. The Morgan fingerprint density at radius 2 is 1.71 bits per heavy atom. The van der Waals surface area contributed by atoms with E-state index in [-0.39, 0.29) is 12.5 Å². The van der Waals surface area contributed by atoms with Crippen LogP contribution < -0.4 is 10.1 Å². The van der Waals surface area contributed by atoms with Gasteiger partial charge in [-0.05, 0) is 55.2 Å². The number of ether oxygens (including phenoxy) is 1. The van der Waals surface area contributed by atoms with Gasteiger partial charge >= 0.3 is 0 Å². The number of likely N-dealkylation sites (N-methyl/N-ethyl adjacent to an activating group) is 1. The van der Waals surface area contributed by atoms with E-state index in [0.717, 1.165) is 16.9 Å². The van der Waals surface area contributed by atoms with Crippen molar-refractivity contribution in [1.82, 2.24) is 5.32 Å². The number of carbonyl (C=O) groups is 1. The molecule has 1 N–H and O–H groups in total. The molecule has 0 aromatic heterocycles. The maximum atomic E-state index is 11.4. The number of amides is 1. The van der Waals surface area contributed by atoms with E-state index in [1.165, 1.54) is 11.1 Å². The Morgan fingerprint density at radius 1 is 1.10 bits per heavy atom. The summed E-state index contributed by atoms with van der Waals surface area (Å²) in [6.07, 6.45) is 0. The van der Waals surface area contributed by atoms with Crippen molar-refractivity contribution in [3.05, 3.63) is 53.6 Å². The third kappa shape index (κ3) is 3.85. The Balaban J connectivity index is 2.20. The average Bonchev–Trinajstić information content (AvgIpc) is 2.46. The molecule has 0 spiro atoms. The molecule has 0 atom stereocenters. The van der Waals surface area contributed by atoms with Crippen LogP contribution in [0, 0.1) is 13.8 Å². The Bertz CT molecular complexity index is 597. The van der Waals surface area contributed by atoms with Gasteiger partial charge in [0.1, 0.15) is 5.75 Å². The minimum Gasteiger partial charge on any atom is -0.484 e. The number of carbonyl (C=O) groups excluding carboxylic acids is 1. The summed E-state index contributed by atoms with van der Waals surface area (Å²) in [4.78, 5) is 11.4. The van der Waals surface area contributed by atoms with Gasteiger partial charge < -0.3 is 10.1 Å². The van der Waals surface area contributed by atoms with E-state index in [0.29, 0.717) is 6.54 Å². The molecule has 2 aromatic carbocycles. The lowest BCUT2D eigenvalue weighted by Gasteiger charge is -2.13. The molecule has 0 heterocycles. The summed E-state index contributed by atoms with van der Waals surface area (Å²) in [6, 6.07) is 14.2. The summed E-state index contributed by atoms with van der Waals surface area (Å²) in [7, 11) is 0. The van der Waals surface area contributed by atoms with Crippen molar-refractivity contribution >= 4 is 5.91 Å². The summed E-state index contributed by atoms with van der Waals surface area (Å²) in [5, 5.41) is 2.72. The zero-order valence-corrected chi connectivity index (χ0v) is 12.8. The first-order chi connectivity index (χ1) is 10.1. The lowest BCUT2D eigenvalue weighted by atomic mass is 9.95. The third-order valence-electron chi connectivity index (χ3n) is 3.31. The molecule has 0 aliphatic rings. The Hall–Kier alpha value is -2.29. The van der Waals surface area contributed by atoms with Gasteiger partial charge in [-0.2, -0.15) is 0 Å². The van der Waals surface area contributed by atoms with Crippen LogP contribution in [-0.2, 0) is 4.79 Å². The monoisotopic (exact) mass is 283 g/mol. The molecule has 21 heavy (non-hydrogen) atoms. The molecule has 1 amide bonds. The number of rotatable bonds is 5. The van der Waals surface area contributed by atoms with Gasteiger partial charge in [0.05, 0.1) is 0 Å². The Labute approximate surface area is 126 Å². The van der Waals surface area contributed by atoms with E-state index in [1.807, 2.05) is 37.3 Å². The van der Waals surface area contributed by atoms with E-state index in [4.69, 9.17) is 4.74 Å². The first-order valence-corrected chi connectivity index (χ1v) is 7.18. The molecule has 0 unspecified atom stereocenters. The second-order valence-electron chi connectivity index (χ2n) is 5.04. The second kappa shape index (κ2) is 6.93. The van der Waals surface area contributed by atoms with Gasteiger partial charge in [0, 0.05) is 6.54 Å². The van der Waals surface area contributed by atoms with Crippen molar-refractivity contribution < 1.29 is 9.53 Å². The van der Waals surface area contributed by atoms with Gasteiger partial charge in [-0.3, -0.25) is 4.79 Å². The van der Waals surface area contributed by atoms with Crippen LogP contribution >= 0.6 is 0 Å². The van der Waals surface area contributed by atoms with Crippen molar-refractivity contribution in [2.24, 2.45) is 0 Å². The van der Waals surface area contributed by atoms with Crippen LogP contribution in [0.25, 0.3) is 11.1 Å². The normalized spacial score (nSPS) is 10.2. The van der Waals surface area contributed by atoms with Crippen LogP contribution in [0.5, 0.6) is 5.75 Å². The molecule has 2 aromatic rings. The first-order valence-electron chi connectivity index (χ1n) is 7.18. The van der Waals surface area contributed by atoms with Gasteiger partial charge in [0.2, 0.25) is 0 Å². The molecule has 0 saturated heterocycles. The first kappa shape index (κ1) is 15.1. The van der Waals surface area contributed by atoms with E-state index in [2.05, 4.69) is 31.3 Å². The molecule has 0 aliphatic heterocycles. The summed E-state index contributed by atoms with van der Waals surface area (Å²) in [5.74, 6) is 0.635. The zero-order valence-electron chi connectivity index (χ0n) is 12.8. The van der Waals surface area contributed by atoms with Gasteiger partial charge in [-0.15, -0.1) is 0 Å². The lowest BCUT2D eigenvalue weighted by molar-refractivity contribution is -0.122. The van der Waals surface area contributed by atoms with Gasteiger partial charge in [0.25, 0.3) is 5.91 Å². The number of hydrogen-bond acceptors (Lipinski definition) is 2. The van der Waals surface area contributed by atoms with Crippen LogP contribution in [0.4, 0.5) is 0 Å². The topological polar surface area (TPSA) is 38.3 Å². The average molecular weight is 283 g/mol. The fourth-order valence-corrected chi connectivity index (χ4v) is 2.46. The lowest BCUT2D eigenvalue weighted by Crippen LogP contribution is -2.28. The van der Waals surface area contributed by atoms with Gasteiger partial charge in [-0.1, -0.05) is 30.3 Å². The predicted octanol–water partition coefficient (Wildman–Crippen LogP) is 3.49. The predicted molar refractivity (Wildman–Crippen MR) is 85.5 cm³/mol. The highest BCUT2D eigenvalue weighted by atomic mass is 16.5. The van der Waals surface area contributed by atoms with Crippen molar-refractivity contribution in [3.63, 3.8) is 0 Å². The van der Waals surface area contributed by atoms with Crippen molar-refractivity contribution in [2.45, 2.75) is 20.8 Å². The van der Waals surface area contributed by atoms with E-state index in [1.54, 1.807) is 0 Å². The summed E-state index contributed by atoms with van der Waals surface area (Å²) in [6.45, 7) is 6.69. The molecular formula is C18H21NO2. The molecule has 0 bridgehead atoms. The van der Waals surface area contributed by atoms with E-state index < -0.39 is 0 Å². The van der Waals surface area contributed by atoms with Crippen LogP contribution in [0.2, 0.25) is 0 Å². The fourth-order valence-electron chi connectivity index (χ4n) is 2.46. The van der Waals surface area contributed by atoms with Crippen LogP contribution in [0.1, 0.15) is 18.1 Å². The number of aryl methyl sites for hydroxylation is 2. The number of hydrogen-bond donors (Lipinski definition) is 1. The zero-order chi connectivity index (χ0) is 15.2. The standard InChI is InChI=1S/C18H21NO2/c1-4-19-17(20)12-21-16-10-13(2)18(14(3)11-16)15-8-6-5-7-9-15/h5-11H,4,12H2,1-3H3,(H,19,20). The Morgan fingerprint density at radius 3 is 2.29 bits per heavy atom. The highest BCUT2D eigenvalue weighted by molar-refractivity contribution is 5.77. The smallest absolute Gasteiger partial charge is 0.257 e. The number of nitrogens with one attached hydrogen (secondary N) is 1. The maximum Gasteiger partial charge on any atom is 0.257 e. The molecule has 3 heteroatoms. The molecule has 110 valence electrons. The van der Waals surface area contributed by atoms with Crippen LogP contribution in [-0.4, -0.2) is 19.1 Å². The molecule has 0 saturated carbocycles. The summed E-state index contributed by atoms with van der Waals surface area (Å²) < 4.78 is 5.56. The van der Waals surface area contributed by atoms with Gasteiger partial charge in [-0.25, -0.2) is 0 Å². The maximum absolute atomic E-state index is 11.4. The fraction of sp³-hybridized carbons (Fsp3) is 0.278. The SMILES string of the molecule is CCNC(=O)COc1cc(C)c(-c2ccccc2)c(C)c1. The van der Waals surface area contributed by atoms with E-state index in [9.17, 15) is 4.79 Å². The Kier molecular flexibility index (Phi) is 4.99. The third-order valence-corrected chi connectivity index (χ3v) is 3.31. The molecule has 0 fully saturated rings.